The minimum atomic E-state index is -1.01. The molecule has 2 fully saturated rings. The van der Waals surface area contributed by atoms with Crippen LogP contribution in [0.15, 0.2) is 0 Å². The number of aliphatic carboxylic acids is 1. The highest BCUT2D eigenvalue weighted by molar-refractivity contribution is 6.28. The second kappa shape index (κ2) is 22.7. The predicted molar refractivity (Wildman–Crippen MR) is 186 cm³/mol. The molecule has 2 aliphatic carbocycles. The van der Waals surface area contributed by atoms with Crippen LogP contribution in [0.1, 0.15) is 131 Å². The molecule has 50 heavy (non-hydrogen) atoms. The molecule has 0 radical (unpaired) electrons. The van der Waals surface area contributed by atoms with Crippen LogP contribution in [0.3, 0.4) is 0 Å². The van der Waals surface area contributed by atoms with E-state index in [1.165, 1.54) is 0 Å². The van der Waals surface area contributed by atoms with E-state index in [4.69, 9.17) is 15.0 Å². The number of hydrogen-bond donors (Lipinski definition) is 5. The number of unbranched alkanes of at least 4 members (excludes halogenated alkanes) is 2. The normalized spacial score (nSPS) is 16.0. The summed E-state index contributed by atoms with van der Waals surface area (Å²) >= 11 is 0. The number of carboxylic acids is 1. The average molecular weight is 709 g/mol. The molecule has 4 amide bonds. The minimum Gasteiger partial charge on any atom is -0.480 e. The lowest BCUT2D eigenvalue weighted by molar-refractivity contribution is -0.142. The molecule has 2 aliphatic rings. The number of nitrogens with zero attached hydrogens (tertiary/aromatic N) is 2. The number of amides is 4. The number of nitrogens with one attached hydrogen (secondary N) is 4. The zero-order valence-electron chi connectivity index (χ0n) is 30.8. The highest BCUT2D eigenvalue weighted by atomic mass is 16.6. The summed E-state index contributed by atoms with van der Waals surface area (Å²) in [6, 6.07) is -1.57. The summed E-state index contributed by atoms with van der Waals surface area (Å²) in [5.74, 6) is -1.78. The van der Waals surface area contributed by atoms with Crippen LogP contribution in [0.25, 0.3) is 5.53 Å². The standard InChI is InChI=1S/C18H30N4O4.C17H30N2O5/c1-18(2,3)26-17(25)20-11-7-6-10-14(15(23)12-21-19)22-16(24)13-8-4-5-9-13;1-17(2,3)24-16(23)18-11-7-6-10-13(15(21)22)19-14(20)12-8-4-5-9-12/h12-14H,4-11H2,1-3H3,(H,20,25)(H,22,24);12-13H,4-11H2,1-3H3,(H,18,23)(H,19,20)(H,21,22)/t14-;13-/m00/s1. The third kappa shape index (κ3) is 20.5. The molecule has 15 nitrogen and oxygen atoms in total. The Bertz CT molecular complexity index is 1160. The fourth-order valence-electron chi connectivity index (χ4n) is 5.60. The van der Waals surface area contributed by atoms with Gasteiger partial charge < -0.3 is 41.4 Å². The van der Waals surface area contributed by atoms with Crippen molar-refractivity contribution in [2.45, 2.75) is 155 Å². The van der Waals surface area contributed by atoms with Crippen LogP contribution < -0.4 is 21.3 Å². The van der Waals surface area contributed by atoms with E-state index in [-0.39, 0.29) is 23.7 Å². The monoisotopic (exact) mass is 708 g/mol. The highest BCUT2D eigenvalue weighted by Crippen LogP contribution is 2.26. The molecule has 0 aromatic rings. The minimum absolute atomic E-state index is 0.0369. The van der Waals surface area contributed by atoms with Gasteiger partial charge in [0.25, 0.3) is 5.78 Å². The predicted octanol–water partition coefficient (Wildman–Crippen LogP) is 4.67. The topological polar surface area (TPSA) is 226 Å². The summed E-state index contributed by atoms with van der Waals surface area (Å²) in [5, 5.41) is 19.9. The summed E-state index contributed by atoms with van der Waals surface area (Å²) in [7, 11) is 0. The Balaban J connectivity index is 0.000000502. The molecule has 2 atom stereocenters. The lowest BCUT2D eigenvalue weighted by Gasteiger charge is -2.20. The fourth-order valence-corrected chi connectivity index (χ4v) is 5.60. The Morgan fingerprint density at radius 2 is 1.08 bits per heavy atom. The second-order valence-electron chi connectivity index (χ2n) is 14.9. The van der Waals surface area contributed by atoms with Crippen molar-refractivity contribution in [3.8, 4) is 0 Å². The number of rotatable bonds is 17. The first-order valence-electron chi connectivity index (χ1n) is 17.9. The summed E-state index contributed by atoms with van der Waals surface area (Å²) in [6.07, 6.45) is 10.6. The number of carbonyl (C=O) groups is 6. The largest absolute Gasteiger partial charge is 0.480 e. The van der Waals surface area contributed by atoms with Crippen LogP contribution in [0.5, 0.6) is 0 Å². The summed E-state index contributed by atoms with van der Waals surface area (Å²) in [5.41, 5.74) is 7.48. The lowest BCUT2D eigenvalue weighted by atomic mass is 10.0. The molecule has 2 saturated carbocycles. The number of carboxylic acid groups (broad SMARTS) is 1. The molecule has 2 rings (SSSR count). The molecule has 284 valence electrons. The van der Waals surface area contributed by atoms with Gasteiger partial charge in [-0.15, -0.1) is 0 Å². The zero-order valence-corrected chi connectivity index (χ0v) is 30.8. The second-order valence-corrected chi connectivity index (χ2v) is 14.9. The fraction of sp³-hybridized carbons (Fsp3) is 0.800. The highest BCUT2D eigenvalue weighted by Gasteiger charge is 2.29. The Hall–Kier alpha value is -4.00. The molecular formula is C35H60N6O9. The first-order valence-corrected chi connectivity index (χ1v) is 17.9. The molecular weight excluding hydrogens is 648 g/mol. The first-order chi connectivity index (χ1) is 23.4. The number of carbonyl (C=O) groups excluding carboxylic acids is 5. The van der Waals surface area contributed by atoms with Crippen molar-refractivity contribution in [3.63, 3.8) is 0 Å². The van der Waals surface area contributed by atoms with Crippen molar-refractivity contribution in [2.24, 2.45) is 11.8 Å². The van der Waals surface area contributed by atoms with Crippen molar-refractivity contribution >= 4 is 42.0 Å². The molecule has 0 heterocycles. The maximum absolute atomic E-state index is 12.2. The molecule has 0 aliphatic heterocycles. The number of ether oxygens (including phenoxy) is 2. The lowest BCUT2D eigenvalue weighted by Crippen LogP contribution is -2.44. The molecule has 0 saturated heterocycles. The van der Waals surface area contributed by atoms with E-state index >= 15 is 0 Å². The van der Waals surface area contributed by atoms with Gasteiger partial charge in [0.05, 0.1) is 6.04 Å². The summed E-state index contributed by atoms with van der Waals surface area (Å²) in [6.45, 7) is 11.6. The Labute approximate surface area is 296 Å². The smallest absolute Gasteiger partial charge is 0.407 e. The van der Waals surface area contributed by atoms with Gasteiger partial charge in [-0.25, -0.2) is 14.4 Å². The van der Waals surface area contributed by atoms with Gasteiger partial charge in [-0.2, -0.15) is 4.79 Å². The van der Waals surface area contributed by atoms with Gasteiger partial charge in [0.1, 0.15) is 17.2 Å². The molecule has 0 aromatic heterocycles. The van der Waals surface area contributed by atoms with Crippen molar-refractivity contribution in [1.82, 2.24) is 21.3 Å². The van der Waals surface area contributed by atoms with Crippen molar-refractivity contribution in [3.05, 3.63) is 5.53 Å². The first kappa shape index (κ1) is 44.0. The van der Waals surface area contributed by atoms with Crippen molar-refractivity contribution in [1.29, 1.82) is 0 Å². The van der Waals surface area contributed by atoms with E-state index in [1.54, 1.807) is 41.5 Å². The number of Topliss-reactive ketones (excluding diaryl/α,β-unsaturated/α-hetero) is 1. The van der Waals surface area contributed by atoms with Gasteiger partial charge in [0, 0.05) is 24.9 Å². The van der Waals surface area contributed by atoms with E-state index < -0.39 is 47.2 Å². The van der Waals surface area contributed by atoms with E-state index in [0.29, 0.717) is 51.6 Å². The molecule has 0 bridgehead atoms. The third-order valence-electron chi connectivity index (χ3n) is 8.09. The summed E-state index contributed by atoms with van der Waals surface area (Å²) in [4.78, 5) is 73.3. The van der Waals surface area contributed by atoms with Crippen LogP contribution in [-0.4, -0.2) is 88.2 Å². The molecule has 5 N–H and O–H groups in total. The molecule has 0 aromatic carbocycles. The van der Waals surface area contributed by atoms with Crippen molar-refractivity contribution < 1.29 is 48.1 Å². The van der Waals surface area contributed by atoms with E-state index in [2.05, 4.69) is 26.1 Å². The maximum Gasteiger partial charge on any atom is 0.407 e. The average Bonchev–Trinajstić information content (AvgIpc) is 3.73. The number of alkyl carbamates (subject to hydrolysis) is 2. The zero-order chi connectivity index (χ0) is 37.7. The third-order valence-corrected chi connectivity index (χ3v) is 8.09. The Morgan fingerprint density at radius 3 is 1.44 bits per heavy atom. The van der Waals surface area contributed by atoms with Crippen LogP contribution in [0.4, 0.5) is 9.59 Å². The van der Waals surface area contributed by atoms with Crippen LogP contribution in [0, 0.1) is 11.8 Å². The van der Waals surface area contributed by atoms with Crippen LogP contribution in [0.2, 0.25) is 0 Å². The molecule has 0 unspecified atom stereocenters. The van der Waals surface area contributed by atoms with Gasteiger partial charge in [-0.3, -0.25) is 14.4 Å². The summed E-state index contributed by atoms with van der Waals surface area (Å²) < 4.78 is 10.3. The van der Waals surface area contributed by atoms with E-state index in [0.717, 1.165) is 57.6 Å². The van der Waals surface area contributed by atoms with Gasteiger partial charge in [-0.05, 0) is 106 Å². The van der Waals surface area contributed by atoms with Crippen molar-refractivity contribution in [2.75, 3.05) is 13.1 Å². The Morgan fingerprint density at radius 1 is 0.700 bits per heavy atom. The van der Waals surface area contributed by atoms with E-state index in [9.17, 15) is 33.9 Å². The molecule has 0 spiro atoms. The van der Waals surface area contributed by atoms with Gasteiger partial charge in [0.15, 0.2) is 0 Å². The van der Waals surface area contributed by atoms with Crippen LogP contribution >= 0.6 is 0 Å². The maximum atomic E-state index is 12.2. The van der Waals surface area contributed by atoms with E-state index in [1.807, 2.05) is 0 Å². The quantitative estimate of drug-likeness (QED) is 0.0612. The SMILES string of the molecule is CC(C)(C)OC(=O)NCCCC[C@H](NC(=O)C1CCCC1)C(=O)C=[N+]=[N-].CC(C)(C)OC(=O)NCCCC[C@H](NC(=O)C1CCCC1)C(=O)O. The number of ketones is 1. The van der Waals surface area contributed by atoms with Gasteiger partial charge in [0.2, 0.25) is 11.8 Å². The van der Waals surface area contributed by atoms with Gasteiger partial charge in [-0.1, -0.05) is 25.7 Å². The van der Waals surface area contributed by atoms with Gasteiger partial charge >= 0.3 is 24.4 Å². The van der Waals surface area contributed by atoms with Crippen LogP contribution in [-0.2, 0) is 28.7 Å². The Kier molecular flexibility index (Phi) is 20.0. The number of hydrogen-bond acceptors (Lipinski definition) is 8. The molecule has 15 heteroatoms.